The molecule has 0 bridgehead atoms. The van der Waals surface area contributed by atoms with Crippen LogP contribution >= 0.6 is 0 Å². The Hall–Kier alpha value is -4.57. The molecule has 0 aromatic heterocycles. The lowest BCUT2D eigenvalue weighted by atomic mass is 9.88. The predicted molar refractivity (Wildman–Crippen MR) is 170 cm³/mol. The summed E-state index contributed by atoms with van der Waals surface area (Å²) in [5.41, 5.74) is 2.62. The molecule has 5 atom stereocenters. The van der Waals surface area contributed by atoms with Crippen LogP contribution in [0.3, 0.4) is 0 Å². The van der Waals surface area contributed by atoms with E-state index >= 15 is 0 Å². The summed E-state index contributed by atoms with van der Waals surface area (Å²) >= 11 is 0. The zero-order valence-electron chi connectivity index (χ0n) is 25.8. The Morgan fingerprint density at radius 1 is 0.913 bits per heavy atom. The van der Waals surface area contributed by atoms with Gasteiger partial charge in [0.05, 0.1) is 38.4 Å². The minimum absolute atomic E-state index is 0.171. The zero-order valence-corrected chi connectivity index (χ0v) is 25.8. The van der Waals surface area contributed by atoms with Crippen LogP contribution in [0.2, 0.25) is 0 Å². The van der Waals surface area contributed by atoms with Gasteiger partial charge >= 0.3 is 6.09 Å². The van der Waals surface area contributed by atoms with Gasteiger partial charge in [-0.15, -0.1) is 0 Å². The Kier molecular flexibility index (Phi) is 11.5. The van der Waals surface area contributed by atoms with Crippen molar-refractivity contribution in [1.82, 2.24) is 4.90 Å². The number of imide groups is 1. The maximum absolute atomic E-state index is 14.1. The zero-order chi connectivity index (χ0) is 32.3. The Morgan fingerprint density at radius 2 is 1.57 bits per heavy atom. The van der Waals surface area contributed by atoms with Crippen LogP contribution in [0.5, 0.6) is 0 Å². The average molecular weight is 626 g/mol. The van der Waals surface area contributed by atoms with Crippen molar-refractivity contribution in [3.63, 3.8) is 0 Å². The first kappa shape index (κ1) is 32.8. The van der Waals surface area contributed by atoms with E-state index in [1.807, 2.05) is 91.0 Å². The number of ether oxygens (including phenoxy) is 4. The third kappa shape index (κ3) is 8.37. The summed E-state index contributed by atoms with van der Waals surface area (Å²) in [5, 5.41) is 9.67. The van der Waals surface area contributed by atoms with Gasteiger partial charge in [-0.1, -0.05) is 91.0 Å². The number of cyclic esters (lactones) is 1. The SMILES string of the molecule is C[C@@H]1[C@H](c2ccccc2)OC(=O)N1C(=O)[C@H](Cc1ccccc1)[C@H]1OC(=CCCOC[C@@H](CO)OCc2ccccc2)C=CC1=O. The second-order valence-electron chi connectivity index (χ2n) is 11.3. The van der Waals surface area contributed by atoms with Gasteiger partial charge in [-0.25, -0.2) is 9.69 Å². The van der Waals surface area contributed by atoms with Crippen LogP contribution in [0.15, 0.2) is 115 Å². The summed E-state index contributed by atoms with van der Waals surface area (Å²) in [7, 11) is 0. The fraction of sp³-hybridized carbons (Fsp3) is 0.324. The van der Waals surface area contributed by atoms with Crippen molar-refractivity contribution in [2.24, 2.45) is 5.92 Å². The van der Waals surface area contributed by atoms with Gasteiger partial charge in [0, 0.05) is 0 Å². The van der Waals surface area contributed by atoms with E-state index in [9.17, 15) is 19.5 Å². The molecule has 2 heterocycles. The Bertz CT molecular complexity index is 1510. The number of allylic oxidation sites excluding steroid dienone is 1. The number of rotatable bonds is 14. The second-order valence-corrected chi connectivity index (χ2v) is 11.3. The van der Waals surface area contributed by atoms with Crippen molar-refractivity contribution in [2.75, 3.05) is 19.8 Å². The normalized spacial score (nSPS) is 21.6. The molecule has 1 N–H and O–H groups in total. The van der Waals surface area contributed by atoms with Crippen molar-refractivity contribution in [3.05, 3.63) is 132 Å². The minimum Gasteiger partial charge on any atom is -0.482 e. The topological polar surface area (TPSA) is 112 Å². The number of carbonyl (C=O) groups excluding carboxylic acids is 3. The highest BCUT2D eigenvalue weighted by molar-refractivity contribution is 6.02. The quantitative estimate of drug-likeness (QED) is 0.239. The molecule has 46 heavy (non-hydrogen) atoms. The van der Waals surface area contributed by atoms with Crippen LogP contribution in [0.25, 0.3) is 0 Å². The largest absolute Gasteiger partial charge is 0.482 e. The number of aliphatic hydroxyl groups is 1. The molecule has 3 aromatic rings. The molecule has 5 rings (SSSR count). The molecule has 240 valence electrons. The number of aliphatic hydroxyl groups excluding tert-OH is 1. The first-order chi connectivity index (χ1) is 22.4. The van der Waals surface area contributed by atoms with E-state index in [-0.39, 0.29) is 25.4 Å². The summed E-state index contributed by atoms with van der Waals surface area (Å²) in [6.07, 6.45) is 2.45. The lowest BCUT2D eigenvalue weighted by Crippen LogP contribution is -2.48. The highest BCUT2D eigenvalue weighted by atomic mass is 16.6. The molecule has 1 saturated heterocycles. The number of carbonyl (C=O) groups is 3. The fourth-order valence-corrected chi connectivity index (χ4v) is 5.56. The summed E-state index contributed by atoms with van der Waals surface area (Å²) in [6, 6.07) is 27.7. The van der Waals surface area contributed by atoms with Gasteiger partial charge < -0.3 is 24.1 Å². The smallest absolute Gasteiger partial charge is 0.417 e. The van der Waals surface area contributed by atoms with E-state index in [1.165, 1.54) is 6.08 Å². The van der Waals surface area contributed by atoms with Crippen LogP contribution in [-0.2, 0) is 41.6 Å². The summed E-state index contributed by atoms with van der Waals surface area (Å²) in [4.78, 5) is 41.5. The molecule has 0 unspecified atom stereocenters. The highest BCUT2D eigenvalue weighted by Crippen LogP contribution is 2.35. The van der Waals surface area contributed by atoms with Gasteiger partial charge in [-0.05, 0) is 54.7 Å². The van der Waals surface area contributed by atoms with Gasteiger partial charge in [-0.2, -0.15) is 0 Å². The number of nitrogens with zero attached hydrogens (tertiary/aromatic N) is 1. The van der Waals surface area contributed by atoms with Crippen LogP contribution in [0.4, 0.5) is 4.79 Å². The Labute approximate surface area is 269 Å². The fourth-order valence-electron chi connectivity index (χ4n) is 5.56. The Balaban J connectivity index is 1.23. The lowest BCUT2D eigenvalue weighted by Gasteiger charge is -2.31. The van der Waals surface area contributed by atoms with E-state index in [4.69, 9.17) is 18.9 Å². The molecule has 2 aliphatic rings. The molecule has 9 nitrogen and oxygen atoms in total. The molecule has 0 aliphatic carbocycles. The maximum Gasteiger partial charge on any atom is 0.417 e. The van der Waals surface area contributed by atoms with Crippen LogP contribution < -0.4 is 0 Å². The van der Waals surface area contributed by atoms with Crippen LogP contribution in [0, 0.1) is 5.92 Å². The summed E-state index contributed by atoms with van der Waals surface area (Å²) in [5.74, 6) is -1.43. The molecular weight excluding hydrogens is 586 g/mol. The van der Waals surface area contributed by atoms with E-state index in [1.54, 1.807) is 19.1 Å². The number of ketones is 1. The first-order valence-corrected chi connectivity index (χ1v) is 15.5. The molecule has 0 saturated carbocycles. The first-order valence-electron chi connectivity index (χ1n) is 15.5. The van der Waals surface area contributed by atoms with E-state index < -0.39 is 42.3 Å². The standard InChI is InChI=1S/C37H39NO8/c1-26-34(29-16-9-4-10-17-29)46-37(42)38(26)36(41)32(22-27-12-5-2-6-13-27)35-33(40)20-19-30(45-35)18-11-21-43-25-31(23-39)44-24-28-14-7-3-8-15-28/h2-10,12-20,26,31-32,34-35,39H,11,21-25H2,1H3/t26-,31-,32-,34-,35-/m1/s1. The monoisotopic (exact) mass is 625 g/mol. The average Bonchev–Trinajstić information content (AvgIpc) is 3.39. The van der Waals surface area contributed by atoms with Gasteiger partial charge in [-0.3, -0.25) is 9.59 Å². The predicted octanol–water partition coefficient (Wildman–Crippen LogP) is 5.35. The van der Waals surface area contributed by atoms with E-state index in [0.717, 1.165) is 21.6 Å². The van der Waals surface area contributed by atoms with Crippen molar-refractivity contribution in [3.8, 4) is 0 Å². The van der Waals surface area contributed by atoms with Gasteiger partial charge in [0.2, 0.25) is 5.91 Å². The molecular formula is C37H39NO8. The van der Waals surface area contributed by atoms with Gasteiger partial charge in [0.1, 0.15) is 18.0 Å². The summed E-state index contributed by atoms with van der Waals surface area (Å²) in [6.45, 7) is 2.51. The number of amides is 2. The molecule has 0 spiro atoms. The third-order valence-electron chi connectivity index (χ3n) is 8.02. The molecule has 2 aliphatic heterocycles. The van der Waals surface area contributed by atoms with Crippen LogP contribution in [0.1, 0.15) is 36.1 Å². The molecule has 3 aromatic carbocycles. The summed E-state index contributed by atoms with van der Waals surface area (Å²) < 4.78 is 23.3. The third-order valence-corrected chi connectivity index (χ3v) is 8.02. The minimum atomic E-state index is -1.13. The molecule has 9 heteroatoms. The molecule has 1 fully saturated rings. The van der Waals surface area contributed by atoms with Gasteiger partial charge in [0.15, 0.2) is 11.9 Å². The number of hydrogen-bond acceptors (Lipinski definition) is 8. The van der Waals surface area contributed by atoms with Crippen molar-refractivity contribution >= 4 is 17.8 Å². The molecule has 2 amide bonds. The van der Waals surface area contributed by atoms with E-state index in [2.05, 4.69) is 0 Å². The van der Waals surface area contributed by atoms with Gasteiger partial charge in [0.25, 0.3) is 0 Å². The van der Waals surface area contributed by atoms with Crippen molar-refractivity contribution < 1.29 is 38.4 Å². The van der Waals surface area contributed by atoms with Crippen LogP contribution in [-0.4, -0.2) is 65.9 Å². The second kappa shape index (κ2) is 16.1. The highest BCUT2D eigenvalue weighted by Gasteiger charge is 2.48. The number of hydrogen-bond donors (Lipinski definition) is 1. The maximum atomic E-state index is 14.1. The van der Waals surface area contributed by atoms with Crippen molar-refractivity contribution in [1.29, 1.82) is 0 Å². The Morgan fingerprint density at radius 3 is 2.24 bits per heavy atom. The van der Waals surface area contributed by atoms with Crippen molar-refractivity contribution in [2.45, 2.75) is 50.7 Å². The number of benzene rings is 3. The lowest BCUT2D eigenvalue weighted by molar-refractivity contribution is -0.143. The molecule has 0 radical (unpaired) electrons. The van der Waals surface area contributed by atoms with E-state index in [0.29, 0.717) is 25.4 Å².